The van der Waals surface area contributed by atoms with E-state index in [1.807, 2.05) is 18.7 Å². The molecule has 1 N–H and O–H groups in total. The highest BCUT2D eigenvalue weighted by Crippen LogP contribution is 2.48. The molecule has 0 radical (unpaired) electrons. The summed E-state index contributed by atoms with van der Waals surface area (Å²) in [6, 6.07) is 0.764. The van der Waals surface area contributed by atoms with Crippen LogP contribution in [0.15, 0.2) is 18.7 Å². The molecule has 0 bridgehead atoms. The molecule has 18 heavy (non-hydrogen) atoms. The molecule has 0 amide bonds. The zero-order chi connectivity index (χ0) is 12.3. The molecule has 100 valence electrons. The minimum Gasteiger partial charge on any atom is -0.336 e. The quantitative estimate of drug-likeness (QED) is 0.886. The largest absolute Gasteiger partial charge is 0.336 e. The maximum Gasteiger partial charge on any atom is 0.0946 e. The Morgan fingerprint density at radius 2 is 1.94 bits per heavy atom. The van der Waals surface area contributed by atoms with Gasteiger partial charge in [0.15, 0.2) is 0 Å². The molecule has 3 rings (SSSR count). The Kier molecular flexibility index (Phi) is 3.69. The third kappa shape index (κ3) is 2.77. The van der Waals surface area contributed by atoms with E-state index >= 15 is 0 Å². The second kappa shape index (κ2) is 5.43. The van der Waals surface area contributed by atoms with Gasteiger partial charge in [-0.25, -0.2) is 4.98 Å². The summed E-state index contributed by atoms with van der Waals surface area (Å²) in [5.41, 5.74) is 0.766. The molecule has 3 nitrogen and oxygen atoms in total. The van der Waals surface area contributed by atoms with Gasteiger partial charge in [-0.05, 0) is 43.9 Å². The molecule has 0 saturated heterocycles. The predicted octanol–water partition coefficient (Wildman–Crippen LogP) is 2.98. The fourth-order valence-electron chi connectivity index (χ4n) is 3.88. The number of imidazole rings is 1. The number of aromatic nitrogens is 2. The molecule has 1 heterocycles. The van der Waals surface area contributed by atoms with Crippen molar-refractivity contribution in [3.63, 3.8) is 0 Å². The fourth-order valence-corrected chi connectivity index (χ4v) is 3.88. The van der Waals surface area contributed by atoms with Crippen molar-refractivity contribution in [2.24, 2.45) is 5.41 Å². The molecule has 1 spiro atoms. The van der Waals surface area contributed by atoms with E-state index in [1.165, 1.54) is 51.4 Å². The minimum absolute atomic E-state index is 0.764. The number of nitrogens with one attached hydrogen (secondary N) is 1. The van der Waals surface area contributed by atoms with Gasteiger partial charge in [0, 0.05) is 31.5 Å². The maximum absolute atomic E-state index is 4.07. The van der Waals surface area contributed by atoms with E-state index in [0.717, 1.165) is 24.5 Å². The first-order chi connectivity index (χ1) is 8.86. The van der Waals surface area contributed by atoms with Crippen molar-refractivity contribution < 1.29 is 0 Å². The van der Waals surface area contributed by atoms with Crippen molar-refractivity contribution in [1.82, 2.24) is 14.9 Å². The zero-order valence-electron chi connectivity index (χ0n) is 11.3. The lowest BCUT2D eigenvalue weighted by atomic mass is 9.71. The molecule has 3 heteroatoms. The Bertz CT molecular complexity index is 342. The van der Waals surface area contributed by atoms with Crippen LogP contribution >= 0.6 is 0 Å². The van der Waals surface area contributed by atoms with E-state index in [4.69, 9.17) is 0 Å². The molecule has 2 aliphatic carbocycles. The molecule has 1 aromatic rings. The van der Waals surface area contributed by atoms with E-state index in [-0.39, 0.29) is 0 Å². The first kappa shape index (κ1) is 12.2. The van der Waals surface area contributed by atoms with E-state index in [0.29, 0.717) is 0 Å². The first-order valence-electron chi connectivity index (χ1n) is 7.56. The highest BCUT2D eigenvalue weighted by molar-refractivity contribution is 4.91. The average Bonchev–Trinajstić information content (AvgIpc) is 3.04. The van der Waals surface area contributed by atoms with Gasteiger partial charge in [0.1, 0.15) is 0 Å². The number of nitrogens with zero attached hydrogens (tertiary/aromatic N) is 2. The topological polar surface area (TPSA) is 29.9 Å². The summed E-state index contributed by atoms with van der Waals surface area (Å²) in [7, 11) is 0. The summed E-state index contributed by atoms with van der Waals surface area (Å²) in [6.45, 7) is 2.12. The molecular weight excluding hydrogens is 222 g/mol. The molecule has 0 aromatic carbocycles. The molecule has 0 unspecified atom stereocenters. The molecule has 2 fully saturated rings. The maximum atomic E-state index is 4.07. The Balaban J connectivity index is 1.38. The number of rotatable bonds is 4. The van der Waals surface area contributed by atoms with Crippen LogP contribution in [0.3, 0.4) is 0 Å². The third-order valence-corrected chi connectivity index (χ3v) is 5.07. The van der Waals surface area contributed by atoms with Crippen LogP contribution < -0.4 is 5.32 Å². The van der Waals surface area contributed by atoms with Gasteiger partial charge in [-0.3, -0.25) is 0 Å². The van der Waals surface area contributed by atoms with Crippen LogP contribution in [0.1, 0.15) is 51.4 Å². The molecule has 2 aliphatic rings. The SMILES string of the molecule is c1cn(CCNC2CCC3(CCCC3)CC2)cn1. The Hall–Kier alpha value is -0.830. The molecule has 1 aromatic heterocycles. The molecular formula is C15H25N3. The van der Waals surface area contributed by atoms with Crippen LogP contribution in [0, 0.1) is 5.41 Å². The van der Waals surface area contributed by atoms with Crippen LogP contribution in [0.2, 0.25) is 0 Å². The smallest absolute Gasteiger partial charge is 0.0946 e. The molecule has 2 saturated carbocycles. The summed E-state index contributed by atoms with van der Waals surface area (Å²) in [4.78, 5) is 4.07. The average molecular weight is 247 g/mol. The molecule has 0 atom stereocenters. The summed E-state index contributed by atoms with van der Waals surface area (Å²) in [5.74, 6) is 0. The fraction of sp³-hybridized carbons (Fsp3) is 0.800. The van der Waals surface area contributed by atoms with Gasteiger partial charge in [-0.15, -0.1) is 0 Å². The van der Waals surface area contributed by atoms with Crippen molar-refractivity contribution in [2.75, 3.05) is 6.54 Å². The van der Waals surface area contributed by atoms with Gasteiger partial charge in [-0.2, -0.15) is 0 Å². The van der Waals surface area contributed by atoms with Gasteiger partial charge in [0.05, 0.1) is 6.33 Å². The van der Waals surface area contributed by atoms with Gasteiger partial charge in [-0.1, -0.05) is 12.8 Å². The highest BCUT2D eigenvalue weighted by Gasteiger charge is 2.37. The summed E-state index contributed by atoms with van der Waals surface area (Å²) in [5, 5.41) is 3.72. The molecule has 0 aliphatic heterocycles. The lowest BCUT2D eigenvalue weighted by Gasteiger charge is -2.37. The van der Waals surface area contributed by atoms with E-state index in [9.17, 15) is 0 Å². The minimum atomic E-state index is 0.764. The van der Waals surface area contributed by atoms with E-state index in [2.05, 4.69) is 14.9 Å². The summed E-state index contributed by atoms with van der Waals surface area (Å²) < 4.78 is 2.15. The monoisotopic (exact) mass is 247 g/mol. The normalized spacial score (nSPS) is 23.8. The van der Waals surface area contributed by atoms with Crippen LogP contribution in [-0.4, -0.2) is 22.1 Å². The van der Waals surface area contributed by atoms with Crippen LogP contribution in [-0.2, 0) is 6.54 Å². The van der Waals surface area contributed by atoms with Crippen LogP contribution in [0.5, 0.6) is 0 Å². The number of hydrogen-bond acceptors (Lipinski definition) is 2. The Morgan fingerprint density at radius 3 is 2.61 bits per heavy atom. The lowest BCUT2D eigenvalue weighted by molar-refractivity contribution is 0.168. The van der Waals surface area contributed by atoms with Crippen molar-refractivity contribution in [1.29, 1.82) is 0 Å². The zero-order valence-corrected chi connectivity index (χ0v) is 11.3. The summed E-state index contributed by atoms with van der Waals surface area (Å²) in [6.07, 6.45) is 17.5. The Morgan fingerprint density at radius 1 is 1.17 bits per heavy atom. The van der Waals surface area contributed by atoms with Crippen LogP contribution in [0.25, 0.3) is 0 Å². The second-order valence-electron chi connectivity index (χ2n) is 6.24. The van der Waals surface area contributed by atoms with Crippen molar-refractivity contribution in [3.8, 4) is 0 Å². The van der Waals surface area contributed by atoms with Gasteiger partial charge in [0.2, 0.25) is 0 Å². The highest BCUT2D eigenvalue weighted by atomic mass is 15.0. The Labute approximate surface area is 110 Å². The standard InChI is InChI=1S/C15H25N3/c1-2-6-15(5-1)7-3-14(4-8-15)17-10-12-18-11-9-16-13-18/h9,11,13-14,17H,1-8,10,12H2. The van der Waals surface area contributed by atoms with Crippen LogP contribution in [0.4, 0.5) is 0 Å². The van der Waals surface area contributed by atoms with Crippen molar-refractivity contribution in [2.45, 2.75) is 64.0 Å². The van der Waals surface area contributed by atoms with Gasteiger partial charge >= 0.3 is 0 Å². The van der Waals surface area contributed by atoms with E-state index < -0.39 is 0 Å². The van der Waals surface area contributed by atoms with Crippen molar-refractivity contribution >= 4 is 0 Å². The van der Waals surface area contributed by atoms with Gasteiger partial charge < -0.3 is 9.88 Å². The lowest BCUT2D eigenvalue weighted by Crippen LogP contribution is -2.38. The first-order valence-corrected chi connectivity index (χ1v) is 7.56. The summed E-state index contributed by atoms with van der Waals surface area (Å²) >= 11 is 0. The van der Waals surface area contributed by atoms with Gasteiger partial charge in [0.25, 0.3) is 0 Å². The predicted molar refractivity (Wildman–Crippen MR) is 73.4 cm³/mol. The van der Waals surface area contributed by atoms with E-state index in [1.54, 1.807) is 0 Å². The van der Waals surface area contributed by atoms with Crippen molar-refractivity contribution in [3.05, 3.63) is 18.7 Å². The number of hydrogen-bond donors (Lipinski definition) is 1. The second-order valence-corrected chi connectivity index (χ2v) is 6.24. The third-order valence-electron chi connectivity index (χ3n) is 5.07.